The van der Waals surface area contributed by atoms with Gasteiger partial charge in [-0.1, -0.05) is 80.6 Å². The summed E-state index contributed by atoms with van der Waals surface area (Å²) in [7, 11) is 0. The lowest BCUT2D eigenvalue weighted by Crippen LogP contribution is -2.36. The molecule has 196 valence electrons. The van der Waals surface area contributed by atoms with E-state index in [0.29, 0.717) is 24.0 Å². The number of carbonyl (C=O) groups excluding carboxylic acids is 3. The standard InChI is InChI=1S/C32H28N2O4S/c1-21(2)23-12-14-26(15-13-23)33-30(35)19-34-31(36)29(39-32(34)37)18-22-10-16-27(17-11-22)38-20-25-8-5-7-24-6-3-4-9-28(24)25/h3-18,21H,19-20H2,1-2H3,(H,33,35)/b29-18+. The van der Waals surface area contributed by atoms with E-state index >= 15 is 0 Å². The molecule has 0 aromatic heterocycles. The number of anilines is 1. The van der Waals surface area contributed by atoms with Crippen molar-refractivity contribution in [1.29, 1.82) is 0 Å². The molecule has 1 aliphatic rings. The number of benzene rings is 4. The zero-order valence-electron chi connectivity index (χ0n) is 21.7. The van der Waals surface area contributed by atoms with Crippen molar-refractivity contribution in [2.24, 2.45) is 0 Å². The van der Waals surface area contributed by atoms with E-state index in [9.17, 15) is 14.4 Å². The van der Waals surface area contributed by atoms with Crippen LogP contribution >= 0.6 is 11.8 Å². The van der Waals surface area contributed by atoms with E-state index in [1.165, 1.54) is 5.39 Å². The lowest BCUT2D eigenvalue weighted by atomic mass is 10.0. The van der Waals surface area contributed by atoms with Gasteiger partial charge in [-0.25, -0.2) is 0 Å². The first-order valence-corrected chi connectivity index (χ1v) is 13.5. The molecule has 0 unspecified atom stereocenters. The number of nitrogens with one attached hydrogen (secondary N) is 1. The van der Waals surface area contributed by atoms with E-state index in [4.69, 9.17) is 4.74 Å². The third-order valence-electron chi connectivity index (χ3n) is 6.49. The molecule has 0 spiro atoms. The van der Waals surface area contributed by atoms with Gasteiger partial charge >= 0.3 is 0 Å². The van der Waals surface area contributed by atoms with Crippen LogP contribution in [0.5, 0.6) is 5.75 Å². The first kappa shape index (κ1) is 26.3. The monoisotopic (exact) mass is 536 g/mol. The highest BCUT2D eigenvalue weighted by Gasteiger charge is 2.36. The average Bonchev–Trinajstić information content (AvgIpc) is 3.20. The van der Waals surface area contributed by atoms with Crippen LogP contribution in [0, 0.1) is 0 Å². The summed E-state index contributed by atoms with van der Waals surface area (Å²) in [6.07, 6.45) is 1.65. The summed E-state index contributed by atoms with van der Waals surface area (Å²) < 4.78 is 5.99. The summed E-state index contributed by atoms with van der Waals surface area (Å²) in [6, 6.07) is 29.2. The third kappa shape index (κ3) is 6.21. The molecule has 7 heteroatoms. The molecule has 0 atom stereocenters. The number of fused-ring (bicyclic) bond motifs is 1. The van der Waals surface area contributed by atoms with Crippen LogP contribution in [-0.4, -0.2) is 28.5 Å². The van der Waals surface area contributed by atoms with Crippen molar-refractivity contribution in [2.75, 3.05) is 11.9 Å². The molecule has 0 bridgehead atoms. The fraction of sp³-hybridized carbons (Fsp3) is 0.156. The molecule has 3 amide bonds. The Hall–Kier alpha value is -4.36. The van der Waals surface area contributed by atoms with Crippen LogP contribution in [0.3, 0.4) is 0 Å². The molecule has 1 fully saturated rings. The van der Waals surface area contributed by atoms with Gasteiger partial charge in [-0.15, -0.1) is 0 Å². The molecule has 1 N–H and O–H groups in total. The fourth-order valence-corrected chi connectivity index (χ4v) is 5.16. The van der Waals surface area contributed by atoms with Gasteiger partial charge in [-0.05, 0) is 75.5 Å². The highest BCUT2D eigenvalue weighted by Crippen LogP contribution is 2.32. The number of ether oxygens (including phenoxy) is 1. The van der Waals surface area contributed by atoms with Gasteiger partial charge in [0.1, 0.15) is 18.9 Å². The average molecular weight is 537 g/mol. The Bertz CT molecular complexity index is 1550. The lowest BCUT2D eigenvalue weighted by Gasteiger charge is -2.13. The summed E-state index contributed by atoms with van der Waals surface area (Å²) in [5.74, 6) is 0.178. The maximum absolute atomic E-state index is 12.9. The minimum absolute atomic E-state index is 0.276. The number of hydrogen-bond acceptors (Lipinski definition) is 5. The Kier molecular flexibility index (Phi) is 7.79. The summed E-state index contributed by atoms with van der Waals surface area (Å²) >= 11 is 0.830. The summed E-state index contributed by atoms with van der Waals surface area (Å²) in [5, 5.41) is 4.61. The number of imide groups is 1. The Morgan fingerprint density at radius 2 is 1.64 bits per heavy atom. The Balaban J connectivity index is 1.19. The van der Waals surface area contributed by atoms with E-state index in [-0.39, 0.29) is 11.4 Å². The molecule has 1 heterocycles. The van der Waals surface area contributed by atoms with Crippen LogP contribution in [0.1, 0.15) is 36.5 Å². The smallest absolute Gasteiger partial charge is 0.294 e. The first-order valence-electron chi connectivity index (χ1n) is 12.7. The summed E-state index contributed by atoms with van der Waals surface area (Å²) in [4.78, 5) is 39.1. The van der Waals surface area contributed by atoms with Gasteiger partial charge in [0.15, 0.2) is 0 Å². The lowest BCUT2D eigenvalue weighted by molar-refractivity contribution is -0.127. The van der Waals surface area contributed by atoms with Crippen LogP contribution < -0.4 is 10.1 Å². The van der Waals surface area contributed by atoms with Crippen LogP contribution in [0.4, 0.5) is 10.5 Å². The summed E-state index contributed by atoms with van der Waals surface area (Å²) in [5.41, 5.74) is 3.64. The molecular weight excluding hydrogens is 508 g/mol. The van der Waals surface area contributed by atoms with Gasteiger partial charge in [0.25, 0.3) is 11.1 Å². The largest absolute Gasteiger partial charge is 0.489 e. The molecule has 1 saturated heterocycles. The van der Waals surface area contributed by atoms with E-state index in [2.05, 4.69) is 43.4 Å². The summed E-state index contributed by atoms with van der Waals surface area (Å²) in [6.45, 7) is 4.28. The zero-order chi connectivity index (χ0) is 27.4. The van der Waals surface area contributed by atoms with Crippen molar-refractivity contribution >= 4 is 51.4 Å². The van der Waals surface area contributed by atoms with Gasteiger partial charge < -0.3 is 10.1 Å². The number of hydrogen-bond donors (Lipinski definition) is 1. The maximum Gasteiger partial charge on any atom is 0.294 e. The molecule has 6 nitrogen and oxygen atoms in total. The first-order chi connectivity index (χ1) is 18.9. The van der Waals surface area contributed by atoms with Crippen molar-refractivity contribution in [3.05, 3.63) is 113 Å². The minimum Gasteiger partial charge on any atom is -0.489 e. The number of nitrogens with zero attached hydrogens (tertiary/aromatic N) is 1. The van der Waals surface area contributed by atoms with Crippen molar-refractivity contribution in [3.8, 4) is 5.75 Å². The van der Waals surface area contributed by atoms with E-state index in [1.54, 1.807) is 6.08 Å². The molecule has 4 aromatic rings. The van der Waals surface area contributed by atoms with Crippen LogP contribution in [0.15, 0.2) is 95.9 Å². The van der Waals surface area contributed by atoms with E-state index < -0.39 is 17.1 Å². The quantitative estimate of drug-likeness (QED) is 0.241. The van der Waals surface area contributed by atoms with E-state index in [1.807, 2.05) is 66.7 Å². The van der Waals surface area contributed by atoms with Gasteiger partial charge in [0.2, 0.25) is 5.91 Å². The molecule has 1 aliphatic heterocycles. The van der Waals surface area contributed by atoms with Gasteiger partial charge in [0.05, 0.1) is 4.91 Å². The normalized spacial score (nSPS) is 14.4. The minimum atomic E-state index is -0.480. The van der Waals surface area contributed by atoms with Crippen LogP contribution in [-0.2, 0) is 16.2 Å². The molecular formula is C32H28N2O4S. The number of carbonyl (C=O) groups is 3. The van der Waals surface area contributed by atoms with E-state index in [0.717, 1.165) is 38.7 Å². The van der Waals surface area contributed by atoms with Crippen molar-refractivity contribution in [2.45, 2.75) is 26.4 Å². The molecule has 0 radical (unpaired) electrons. The topological polar surface area (TPSA) is 75.7 Å². The predicted molar refractivity (Wildman–Crippen MR) is 157 cm³/mol. The predicted octanol–water partition coefficient (Wildman–Crippen LogP) is 7.22. The Labute approximate surface area is 231 Å². The third-order valence-corrected chi connectivity index (χ3v) is 7.40. The molecule has 5 rings (SSSR count). The highest BCUT2D eigenvalue weighted by atomic mass is 32.2. The van der Waals surface area contributed by atoms with Gasteiger partial charge in [-0.3, -0.25) is 19.3 Å². The molecule has 39 heavy (non-hydrogen) atoms. The van der Waals surface area contributed by atoms with Gasteiger partial charge in [0, 0.05) is 5.69 Å². The van der Waals surface area contributed by atoms with Crippen LogP contribution in [0.25, 0.3) is 16.8 Å². The second-order valence-electron chi connectivity index (χ2n) is 9.59. The van der Waals surface area contributed by atoms with Gasteiger partial charge in [-0.2, -0.15) is 0 Å². The van der Waals surface area contributed by atoms with Crippen molar-refractivity contribution in [1.82, 2.24) is 4.90 Å². The number of thioether (sulfide) groups is 1. The fourth-order valence-electron chi connectivity index (χ4n) is 4.32. The number of amides is 3. The molecule has 4 aromatic carbocycles. The SMILES string of the molecule is CC(C)c1ccc(NC(=O)CN2C(=O)S/C(=C/c3ccc(OCc4cccc5ccccc45)cc3)C2=O)cc1. The molecule has 0 saturated carbocycles. The van der Waals surface area contributed by atoms with Crippen molar-refractivity contribution in [3.63, 3.8) is 0 Å². The Morgan fingerprint density at radius 3 is 2.38 bits per heavy atom. The number of rotatable bonds is 8. The Morgan fingerprint density at radius 1 is 0.923 bits per heavy atom. The maximum atomic E-state index is 12.9. The van der Waals surface area contributed by atoms with Crippen molar-refractivity contribution < 1.29 is 19.1 Å². The zero-order valence-corrected chi connectivity index (χ0v) is 22.5. The van der Waals surface area contributed by atoms with Crippen LogP contribution in [0.2, 0.25) is 0 Å². The molecule has 0 aliphatic carbocycles. The highest BCUT2D eigenvalue weighted by molar-refractivity contribution is 8.18. The second-order valence-corrected chi connectivity index (χ2v) is 10.6. The second kappa shape index (κ2) is 11.6.